The second kappa shape index (κ2) is 8.37. The molecule has 1 N–H and O–H groups in total. The van der Waals surface area contributed by atoms with Crippen LogP contribution < -0.4 is 19.5 Å². The Balaban J connectivity index is 1.92. The third kappa shape index (κ3) is 4.20. The lowest BCUT2D eigenvalue weighted by atomic mass is 10.1. The number of hydrogen-bond acceptors (Lipinski definition) is 6. The minimum absolute atomic E-state index is 0.237. The summed E-state index contributed by atoms with van der Waals surface area (Å²) in [5.74, 6) is 1.28. The number of thioether (sulfide) groups is 1. The summed E-state index contributed by atoms with van der Waals surface area (Å²) in [6.07, 6.45) is 1.74. The minimum Gasteiger partial charge on any atom is -0.493 e. The first-order valence-electron chi connectivity index (χ1n) is 7.90. The summed E-state index contributed by atoms with van der Waals surface area (Å²) in [6.45, 7) is 0. The Bertz CT molecular complexity index is 918. The molecule has 6 nitrogen and oxygen atoms in total. The van der Waals surface area contributed by atoms with E-state index in [1.807, 2.05) is 12.1 Å². The highest BCUT2D eigenvalue weighted by atomic mass is 35.5. The van der Waals surface area contributed by atoms with Crippen LogP contribution in [0.5, 0.6) is 17.2 Å². The quantitative estimate of drug-likeness (QED) is 0.754. The molecule has 1 saturated heterocycles. The molecule has 3 rings (SSSR count). The maximum Gasteiger partial charge on any atom is 0.264 e. The van der Waals surface area contributed by atoms with E-state index in [0.717, 1.165) is 5.56 Å². The first-order chi connectivity index (χ1) is 13.0. The molecule has 1 aliphatic heterocycles. The largest absolute Gasteiger partial charge is 0.493 e. The molecule has 2 aromatic carbocycles. The Morgan fingerprint density at radius 3 is 2.33 bits per heavy atom. The zero-order chi connectivity index (χ0) is 19.4. The second-order valence-corrected chi connectivity index (χ2v) is 6.83. The molecule has 0 atom stereocenters. The van der Waals surface area contributed by atoms with E-state index < -0.39 is 0 Å². The number of para-hydroxylation sites is 1. The number of methoxy groups -OCH3 is 3. The summed E-state index contributed by atoms with van der Waals surface area (Å²) in [6, 6.07) is 10.7. The molecule has 0 aliphatic carbocycles. The van der Waals surface area contributed by atoms with Gasteiger partial charge in [0.15, 0.2) is 16.7 Å². The van der Waals surface area contributed by atoms with Crippen LogP contribution in [-0.4, -0.2) is 32.4 Å². The lowest BCUT2D eigenvalue weighted by molar-refractivity contribution is -0.115. The Kier molecular flexibility index (Phi) is 5.93. The van der Waals surface area contributed by atoms with Gasteiger partial charge in [0, 0.05) is 0 Å². The number of benzene rings is 2. The highest BCUT2D eigenvalue weighted by Gasteiger charge is 2.24. The van der Waals surface area contributed by atoms with Gasteiger partial charge < -0.3 is 19.5 Å². The number of nitrogens with zero attached hydrogens (tertiary/aromatic N) is 1. The van der Waals surface area contributed by atoms with Crippen molar-refractivity contribution in [3.63, 3.8) is 0 Å². The molecule has 2 aromatic rings. The molecule has 0 bridgehead atoms. The number of carbonyl (C=O) groups is 1. The van der Waals surface area contributed by atoms with Gasteiger partial charge in [-0.25, -0.2) is 4.99 Å². The first-order valence-corrected chi connectivity index (χ1v) is 9.09. The van der Waals surface area contributed by atoms with Gasteiger partial charge in [-0.05, 0) is 47.7 Å². The molecule has 1 heterocycles. The molecular formula is C19H17ClN2O4S. The predicted octanol–water partition coefficient (Wildman–Crippen LogP) is 4.26. The molecule has 1 aliphatic rings. The van der Waals surface area contributed by atoms with Crippen molar-refractivity contribution in [2.45, 2.75) is 0 Å². The van der Waals surface area contributed by atoms with Gasteiger partial charge in [0.05, 0.1) is 36.9 Å². The van der Waals surface area contributed by atoms with Crippen LogP contribution in [0.25, 0.3) is 6.08 Å². The van der Waals surface area contributed by atoms with Gasteiger partial charge >= 0.3 is 0 Å². The van der Waals surface area contributed by atoms with Crippen molar-refractivity contribution in [3.8, 4) is 17.2 Å². The Labute approximate surface area is 166 Å². The Morgan fingerprint density at radius 2 is 1.74 bits per heavy atom. The molecular weight excluding hydrogens is 388 g/mol. The SMILES string of the molecule is COc1cc(/C=C2/SC(=Nc3ccccc3Cl)NC2=O)cc(OC)c1OC. The third-order valence-corrected chi connectivity index (χ3v) is 4.94. The number of rotatable bonds is 5. The van der Waals surface area contributed by atoms with Crippen LogP contribution in [0, 0.1) is 0 Å². The van der Waals surface area contributed by atoms with Gasteiger partial charge in [0.1, 0.15) is 0 Å². The van der Waals surface area contributed by atoms with Crippen molar-refractivity contribution >= 4 is 46.2 Å². The molecule has 0 radical (unpaired) electrons. The molecule has 140 valence electrons. The van der Waals surface area contributed by atoms with Crippen molar-refractivity contribution < 1.29 is 19.0 Å². The van der Waals surface area contributed by atoms with Crippen LogP contribution in [0.3, 0.4) is 0 Å². The van der Waals surface area contributed by atoms with Gasteiger partial charge in [-0.3, -0.25) is 4.79 Å². The molecule has 0 aromatic heterocycles. The molecule has 1 fully saturated rings. The molecule has 1 amide bonds. The summed E-state index contributed by atoms with van der Waals surface area (Å²) in [7, 11) is 4.62. The van der Waals surface area contributed by atoms with Crippen LogP contribution in [-0.2, 0) is 4.79 Å². The molecule has 27 heavy (non-hydrogen) atoms. The van der Waals surface area contributed by atoms with E-state index in [1.54, 1.807) is 44.6 Å². The summed E-state index contributed by atoms with van der Waals surface area (Å²) in [5.41, 5.74) is 1.33. The molecule has 8 heteroatoms. The zero-order valence-electron chi connectivity index (χ0n) is 14.9. The number of halogens is 1. The van der Waals surface area contributed by atoms with E-state index in [1.165, 1.54) is 18.9 Å². The van der Waals surface area contributed by atoms with Gasteiger partial charge in [0.25, 0.3) is 5.91 Å². The van der Waals surface area contributed by atoms with Crippen LogP contribution in [0.2, 0.25) is 5.02 Å². The van der Waals surface area contributed by atoms with Gasteiger partial charge in [-0.2, -0.15) is 0 Å². The van der Waals surface area contributed by atoms with Crippen molar-refractivity contribution in [1.82, 2.24) is 5.32 Å². The van der Waals surface area contributed by atoms with E-state index >= 15 is 0 Å². The summed E-state index contributed by atoms with van der Waals surface area (Å²) in [5, 5.41) is 3.72. The van der Waals surface area contributed by atoms with E-state index in [9.17, 15) is 4.79 Å². The number of hydrogen-bond donors (Lipinski definition) is 1. The van der Waals surface area contributed by atoms with E-state index in [0.29, 0.717) is 38.0 Å². The monoisotopic (exact) mass is 404 g/mol. The lowest BCUT2D eigenvalue weighted by Crippen LogP contribution is -2.19. The Hall–Kier alpha value is -2.64. The number of aliphatic imine (C=N–C) groups is 1. The minimum atomic E-state index is -0.237. The smallest absolute Gasteiger partial charge is 0.264 e. The van der Waals surface area contributed by atoms with E-state index in [4.69, 9.17) is 25.8 Å². The normalized spacial score (nSPS) is 16.5. The standard InChI is InChI=1S/C19H17ClN2O4S/c1-24-14-8-11(9-15(25-2)17(14)26-3)10-16-18(23)22-19(27-16)21-13-7-5-4-6-12(13)20/h4-10H,1-3H3,(H,21,22,23)/b16-10+. The molecule has 0 spiro atoms. The number of nitrogens with one attached hydrogen (secondary N) is 1. The fourth-order valence-electron chi connectivity index (χ4n) is 2.47. The highest BCUT2D eigenvalue weighted by molar-refractivity contribution is 8.18. The number of ether oxygens (including phenoxy) is 3. The maximum absolute atomic E-state index is 12.3. The van der Waals surface area contributed by atoms with E-state index in [2.05, 4.69) is 10.3 Å². The van der Waals surface area contributed by atoms with Crippen molar-refractivity contribution in [1.29, 1.82) is 0 Å². The fraction of sp³-hybridized carbons (Fsp3) is 0.158. The summed E-state index contributed by atoms with van der Waals surface area (Å²) < 4.78 is 16.0. The van der Waals surface area contributed by atoms with Gasteiger partial charge in [-0.15, -0.1) is 0 Å². The molecule has 0 saturated carbocycles. The number of amidine groups is 1. The van der Waals surface area contributed by atoms with Gasteiger partial charge in [0.2, 0.25) is 5.75 Å². The van der Waals surface area contributed by atoms with Crippen LogP contribution >= 0.6 is 23.4 Å². The third-order valence-electron chi connectivity index (χ3n) is 3.71. The predicted molar refractivity (Wildman–Crippen MR) is 108 cm³/mol. The van der Waals surface area contributed by atoms with Crippen molar-refractivity contribution in [3.05, 3.63) is 51.9 Å². The van der Waals surface area contributed by atoms with Crippen LogP contribution in [0.1, 0.15) is 5.56 Å². The fourth-order valence-corrected chi connectivity index (χ4v) is 3.48. The van der Waals surface area contributed by atoms with E-state index in [-0.39, 0.29) is 5.91 Å². The van der Waals surface area contributed by atoms with Crippen LogP contribution in [0.15, 0.2) is 46.3 Å². The first kappa shape index (κ1) is 19.1. The number of amides is 1. The van der Waals surface area contributed by atoms with Crippen molar-refractivity contribution in [2.75, 3.05) is 21.3 Å². The average Bonchev–Trinajstić information content (AvgIpc) is 3.01. The molecule has 0 unspecified atom stereocenters. The van der Waals surface area contributed by atoms with Crippen LogP contribution in [0.4, 0.5) is 5.69 Å². The maximum atomic E-state index is 12.3. The lowest BCUT2D eigenvalue weighted by Gasteiger charge is -2.12. The average molecular weight is 405 g/mol. The Morgan fingerprint density at radius 1 is 1.07 bits per heavy atom. The topological polar surface area (TPSA) is 69.2 Å². The number of carbonyl (C=O) groups excluding carboxylic acids is 1. The van der Waals surface area contributed by atoms with Gasteiger partial charge in [-0.1, -0.05) is 23.7 Å². The zero-order valence-corrected chi connectivity index (χ0v) is 16.5. The highest BCUT2D eigenvalue weighted by Crippen LogP contribution is 2.39. The van der Waals surface area contributed by atoms with Crippen molar-refractivity contribution in [2.24, 2.45) is 4.99 Å². The second-order valence-electron chi connectivity index (χ2n) is 5.39. The summed E-state index contributed by atoms with van der Waals surface area (Å²) >= 11 is 7.35. The summed E-state index contributed by atoms with van der Waals surface area (Å²) in [4.78, 5) is 17.2.